The van der Waals surface area contributed by atoms with Crippen LogP contribution in [0.1, 0.15) is 56.6 Å². The second kappa shape index (κ2) is 7.06. The van der Waals surface area contributed by atoms with Gasteiger partial charge in [0.2, 0.25) is 10.0 Å². The van der Waals surface area contributed by atoms with Crippen molar-refractivity contribution in [2.24, 2.45) is 0 Å². The summed E-state index contributed by atoms with van der Waals surface area (Å²) in [5.74, 6) is 0. The summed E-state index contributed by atoms with van der Waals surface area (Å²) < 4.78 is 33.8. The molecule has 2 aliphatic rings. The second-order valence-electron chi connectivity index (χ2n) is 6.29. The molecule has 0 bridgehead atoms. The van der Waals surface area contributed by atoms with E-state index in [4.69, 9.17) is 4.74 Å². The number of nitrogens with one attached hydrogen (secondary N) is 1. The fraction of sp³-hybridized carbons (Fsp3) is 0.688. The molecule has 2 unspecified atom stereocenters. The Morgan fingerprint density at radius 3 is 2.73 bits per heavy atom. The van der Waals surface area contributed by atoms with Gasteiger partial charge >= 0.3 is 0 Å². The number of aromatic nitrogens is 1. The Hall–Kier alpha value is -0.980. The van der Waals surface area contributed by atoms with E-state index in [0.29, 0.717) is 13.0 Å². The fourth-order valence-electron chi connectivity index (χ4n) is 3.41. The maximum atomic E-state index is 12.5. The molecule has 122 valence electrons. The molecule has 1 aromatic rings. The van der Waals surface area contributed by atoms with Crippen LogP contribution in [0.4, 0.5) is 0 Å². The minimum absolute atomic E-state index is 0.0362. The average Bonchev–Trinajstić information content (AvgIpc) is 2.56. The van der Waals surface area contributed by atoms with Gasteiger partial charge in [0.05, 0.1) is 11.4 Å². The monoisotopic (exact) mass is 324 g/mol. The van der Waals surface area contributed by atoms with Crippen molar-refractivity contribution in [3.63, 3.8) is 0 Å². The molecule has 0 aromatic carbocycles. The molecule has 2 heterocycles. The van der Waals surface area contributed by atoms with Gasteiger partial charge in [-0.3, -0.25) is 4.98 Å². The molecule has 1 saturated heterocycles. The highest BCUT2D eigenvalue weighted by atomic mass is 32.2. The van der Waals surface area contributed by atoms with Crippen LogP contribution in [0.2, 0.25) is 0 Å². The number of hydrogen-bond donors (Lipinski definition) is 1. The highest BCUT2D eigenvalue weighted by Gasteiger charge is 2.32. The van der Waals surface area contributed by atoms with Crippen LogP contribution >= 0.6 is 0 Å². The third-order valence-corrected chi connectivity index (χ3v) is 6.67. The maximum Gasteiger partial charge on any atom is 0.214 e. The molecule has 2 fully saturated rings. The minimum Gasteiger partial charge on any atom is -0.373 e. The fourth-order valence-corrected chi connectivity index (χ4v) is 5.23. The first kappa shape index (κ1) is 15.9. The third-order valence-electron chi connectivity index (χ3n) is 4.66. The molecule has 0 spiro atoms. The van der Waals surface area contributed by atoms with Gasteiger partial charge in [-0.2, -0.15) is 0 Å². The SMILES string of the molecule is O=S(=O)(NC1CCOC(c2cccnc2)C1)C1CCCCC1. The smallest absolute Gasteiger partial charge is 0.214 e. The number of sulfonamides is 1. The van der Waals surface area contributed by atoms with Gasteiger partial charge in [-0.1, -0.05) is 25.3 Å². The van der Waals surface area contributed by atoms with Crippen LogP contribution in [0.25, 0.3) is 0 Å². The Bertz CT molecular complexity index is 570. The van der Waals surface area contributed by atoms with Crippen LogP contribution in [0, 0.1) is 0 Å². The van der Waals surface area contributed by atoms with Crippen LogP contribution in [0.15, 0.2) is 24.5 Å². The standard InChI is InChI=1S/C16H24N2O3S/c19-22(20,15-6-2-1-3-7-15)18-14-8-10-21-16(11-14)13-5-4-9-17-12-13/h4-5,9,12,14-16,18H,1-3,6-8,10-11H2. The molecule has 22 heavy (non-hydrogen) atoms. The van der Waals surface area contributed by atoms with E-state index >= 15 is 0 Å². The summed E-state index contributed by atoms with van der Waals surface area (Å²) in [5, 5.41) is -0.207. The van der Waals surface area contributed by atoms with E-state index < -0.39 is 10.0 Å². The lowest BCUT2D eigenvalue weighted by atomic mass is 9.99. The first-order valence-electron chi connectivity index (χ1n) is 8.18. The average molecular weight is 324 g/mol. The lowest BCUT2D eigenvalue weighted by molar-refractivity contribution is 0.00380. The summed E-state index contributed by atoms with van der Waals surface area (Å²) in [5.41, 5.74) is 1.02. The summed E-state index contributed by atoms with van der Waals surface area (Å²) in [6, 6.07) is 3.83. The first-order chi connectivity index (χ1) is 10.6. The van der Waals surface area contributed by atoms with Crippen LogP contribution in [0.3, 0.4) is 0 Å². The highest BCUT2D eigenvalue weighted by Crippen LogP contribution is 2.29. The van der Waals surface area contributed by atoms with E-state index in [2.05, 4.69) is 9.71 Å². The van der Waals surface area contributed by atoms with Crippen LogP contribution in [0.5, 0.6) is 0 Å². The summed E-state index contributed by atoms with van der Waals surface area (Å²) >= 11 is 0. The molecule has 3 rings (SSSR count). The lowest BCUT2D eigenvalue weighted by Gasteiger charge is -2.32. The van der Waals surface area contributed by atoms with E-state index in [1.807, 2.05) is 12.1 Å². The van der Waals surface area contributed by atoms with Crippen molar-refractivity contribution in [3.8, 4) is 0 Å². The van der Waals surface area contributed by atoms with E-state index in [-0.39, 0.29) is 17.4 Å². The van der Waals surface area contributed by atoms with Gasteiger partial charge in [0.1, 0.15) is 0 Å². The predicted octanol–water partition coefficient (Wildman–Crippen LogP) is 2.55. The van der Waals surface area contributed by atoms with E-state index in [1.165, 1.54) is 0 Å². The number of pyridine rings is 1. The predicted molar refractivity (Wildman–Crippen MR) is 84.9 cm³/mol. The largest absolute Gasteiger partial charge is 0.373 e. The molecule has 1 N–H and O–H groups in total. The van der Waals surface area contributed by atoms with Crippen LogP contribution in [-0.4, -0.2) is 31.3 Å². The number of nitrogens with zero attached hydrogens (tertiary/aromatic N) is 1. The Morgan fingerprint density at radius 1 is 1.18 bits per heavy atom. The molecule has 5 nitrogen and oxygen atoms in total. The Morgan fingerprint density at radius 2 is 2.00 bits per heavy atom. The zero-order valence-corrected chi connectivity index (χ0v) is 13.6. The number of hydrogen-bond acceptors (Lipinski definition) is 4. The summed E-state index contributed by atoms with van der Waals surface area (Å²) in [7, 11) is -3.21. The maximum absolute atomic E-state index is 12.5. The quantitative estimate of drug-likeness (QED) is 0.924. The Balaban J connectivity index is 1.62. The molecule has 2 atom stereocenters. The minimum atomic E-state index is -3.21. The van der Waals surface area contributed by atoms with Gasteiger partial charge in [-0.05, 0) is 37.3 Å². The summed E-state index contributed by atoms with van der Waals surface area (Å²) in [4.78, 5) is 4.11. The molecule has 0 radical (unpaired) electrons. The summed E-state index contributed by atoms with van der Waals surface area (Å²) in [6.45, 7) is 0.581. The summed E-state index contributed by atoms with van der Waals surface area (Å²) in [6.07, 6.45) is 9.68. The molecular formula is C16H24N2O3S. The van der Waals surface area contributed by atoms with Gasteiger partial charge in [0.25, 0.3) is 0 Å². The van der Waals surface area contributed by atoms with Gasteiger partial charge in [-0.25, -0.2) is 13.1 Å². The topological polar surface area (TPSA) is 68.3 Å². The third kappa shape index (κ3) is 3.86. The molecular weight excluding hydrogens is 300 g/mol. The normalized spacial score (nSPS) is 27.6. The van der Waals surface area contributed by atoms with Gasteiger partial charge in [0.15, 0.2) is 0 Å². The zero-order chi connectivity index (χ0) is 15.4. The van der Waals surface area contributed by atoms with Gasteiger partial charge in [-0.15, -0.1) is 0 Å². The van der Waals surface area contributed by atoms with Crippen LogP contribution in [-0.2, 0) is 14.8 Å². The first-order valence-corrected chi connectivity index (χ1v) is 9.72. The molecule has 1 aliphatic heterocycles. The van der Waals surface area contributed by atoms with Crippen molar-refractivity contribution in [1.29, 1.82) is 0 Å². The molecule has 1 aliphatic carbocycles. The molecule has 1 saturated carbocycles. The van der Waals surface area contributed by atoms with Crippen molar-refractivity contribution in [1.82, 2.24) is 9.71 Å². The Kier molecular flexibility index (Phi) is 5.10. The van der Waals surface area contributed by atoms with Crippen molar-refractivity contribution >= 4 is 10.0 Å². The van der Waals surface area contributed by atoms with Crippen molar-refractivity contribution in [2.45, 2.75) is 62.3 Å². The molecule has 0 amide bonds. The zero-order valence-electron chi connectivity index (χ0n) is 12.8. The molecule has 6 heteroatoms. The lowest BCUT2D eigenvalue weighted by Crippen LogP contribution is -2.44. The molecule has 1 aromatic heterocycles. The van der Waals surface area contributed by atoms with Crippen LogP contribution < -0.4 is 4.72 Å². The van der Waals surface area contributed by atoms with Crippen molar-refractivity contribution in [3.05, 3.63) is 30.1 Å². The van der Waals surface area contributed by atoms with E-state index in [1.54, 1.807) is 12.4 Å². The van der Waals surface area contributed by atoms with Crippen molar-refractivity contribution < 1.29 is 13.2 Å². The number of ether oxygens (including phenoxy) is 1. The number of rotatable bonds is 4. The second-order valence-corrected chi connectivity index (χ2v) is 8.28. The van der Waals surface area contributed by atoms with Gasteiger partial charge < -0.3 is 4.74 Å². The van der Waals surface area contributed by atoms with E-state index in [0.717, 1.165) is 44.1 Å². The Labute approximate surface area is 132 Å². The van der Waals surface area contributed by atoms with E-state index in [9.17, 15) is 8.42 Å². The van der Waals surface area contributed by atoms with Crippen molar-refractivity contribution in [2.75, 3.05) is 6.61 Å². The van der Waals surface area contributed by atoms with Gasteiger partial charge in [0, 0.05) is 25.0 Å². The highest BCUT2D eigenvalue weighted by molar-refractivity contribution is 7.90.